The number of benzene rings is 5. The molecule has 0 saturated carbocycles. The summed E-state index contributed by atoms with van der Waals surface area (Å²) in [5, 5.41) is 7.24. The molecule has 38 heavy (non-hydrogen) atoms. The van der Waals surface area contributed by atoms with E-state index in [0.29, 0.717) is 0 Å². The van der Waals surface area contributed by atoms with Gasteiger partial charge in [0.2, 0.25) is 0 Å². The molecule has 0 bridgehead atoms. The molecule has 0 nitrogen and oxygen atoms in total. The van der Waals surface area contributed by atoms with Crippen LogP contribution in [0, 0.1) is 0 Å². The first-order valence-corrected chi connectivity index (χ1v) is 15.9. The zero-order valence-corrected chi connectivity index (χ0v) is 23.1. The van der Waals surface area contributed by atoms with E-state index in [1.54, 1.807) is 5.31 Å². The van der Waals surface area contributed by atoms with Crippen molar-refractivity contribution in [1.29, 1.82) is 0 Å². The van der Waals surface area contributed by atoms with Crippen LogP contribution in [0.1, 0.15) is 17.6 Å². The second kappa shape index (κ2) is 11.9. The number of rotatable bonds is 8. The Labute approximate surface area is 228 Å². The molecular formula is C36H30P2. The van der Waals surface area contributed by atoms with E-state index in [2.05, 4.69) is 164 Å². The highest BCUT2D eigenvalue weighted by Crippen LogP contribution is 2.60. The largest absolute Gasteiger partial charge is 0.0797 e. The molecule has 0 spiro atoms. The van der Waals surface area contributed by atoms with E-state index in [4.69, 9.17) is 0 Å². The van der Waals surface area contributed by atoms with E-state index in [-0.39, 0.29) is 5.66 Å². The quantitative estimate of drug-likeness (QED) is 0.180. The van der Waals surface area contributed by atoms with Crippen molar-refractivity contribution in [2.45, 2.75) is 12.1 Å². The molecule has 0 aliphatic heterocycles. The maximum Gasteiger partial charge on any atom is 0.0375 e. The maximum absolute atomic E-state index is 2.44. The Kier molecular flexibility index (Phi) is 7.74. The molecule has 5 aromatic carbocycles. The molecule has 1 aliphatic carbocycles. The van der Waals surface area contributed by atoms with E-state index < -0.39 is 15.8 Å². The molecule has 0 unspecified atom stereocenters. The Bertz CT molecular complexity index is 1430. The third-order valence-electron chi connectivity index (χ3n) is 6.98. The summed E-state index contributed by atoms with van der Waals surface area (Å²) < 4.78 is 0. The van der Waals surface area contributed by atoms with Crippen molar-refractivity contribution in [3.8, 4) is 0 Å². The van der Waals surface area contributed by atoms with Gasteiger partial charge in [0.05, 0.1) is 0 Å². The molecule has 184 valence electrons. The summed E-state index contributed by atoms with van der Waals surface area (Å²) in [6.07, 6.45) is 5.83. The molecule has 1 aliphatic rings. The molecule has 0 fully saturated rings. The van der Waals surface area contributed by atoms with Crippen molar-refractivity contribution < 1.29 is 0 Å². The van der Waals surface area contributed by atoms with E-state index in [0.717, 1.165) is 6.42 Å². The Morgan fingerprint density at radius 1 is 0.447 bits per heavy atom. The minimum Gasteiger partial charge on any atom is -0.0797 e. The highest BCUT2D eigenvalue weighted by Gasteiger charge is 2.33. The Balaban J connectivity index is 1.60. The SMILES string of the molecule is C1=CC([C@@H](c2ccccc2)P(c2ccccc2)c2ccccc2)=C(P(c2ccccc2)c2ccccc2)C1. The first-order valence-electron chi connectivity index (χ1n) is 13.1. The zero-order valence-electron chi connectivity index (χ0n) is 21.3. The second-order valence-corrected chi connectivity index (χ2v) is 13.9. The van der Waals surface area contributed by atoms with Crippen LogP contribution in [0.25, 0.3) is 0 Å². The van der Waals surface area contributed by atoms with Gasteiger partial charge in [0.1, 0.15) is 0 Å². The molecule has 6 rings (SSSR count). The van der Waals surface area contributed by atoms with Gasteiger partial charge in [-0.1, -0.05) is 164 Å². The van der Waals surface area contributed by atoms with Gasteiger partial charge >= 0.3 is 0 Å². The molecular weight excluding hydrogens is 494 g/mol. The predicted octanol–water partition coefficient (Wildman–Crippen LogP) is 8.21. The van der Waals surface area contributed by atoms with Crippen molar-refractivity contribution in [2.75, 3.05) is 0 Å². The highest BCUT2D eigenvalue weighted by atomic mass is 31.1. The van der Waals surface area contributed by atoms with Crippen molar-refractivity contribution in [1.82, 2.24) is 0 Å². The summed E-state index contributed by atoms with van der Waals surface area (Å²) in [7, 11) is -1.34. The monoisotopic (exact) mass is 524 g/mol. The predicted molar refractivity (Wildman–Crippen MR) is 168 cm³/mol. The van der Waals surface area contributed by atoms with Gasteiger partial charge in [0.25, 0.3) is 0 Å². The lowest BCUT2D eigenvalue weighted by atomic mass is 10.1. The molecule has 0 N–H and O–H groups in total. The Morgan fingerprint density at radius 2 is 0.842 bits per heavy atom. The first kappa shape index (κ1) is 24.8. The fourth-order valence-corrected chi connectivity index (χ4v) is 10.9. The molecule has 0 radical (unpaired) electrons. The summed E-state index contributed by atoms with van der Waals surface area (Å²) in [6.45, 7) is 0. The van der Waals surface area contributed by atoms with Crippen molar-refractivity contribution in [2.24, 2.45) is 0 Å². The number of hydrogen-bond acceptors (Lipinski definition) is 0. The Hall–Kier alpha value is -3.56. The average Bonchev–Trinajstić information content (AvgIpc) is 3.47. The van der Waals surface area contributed by atoms with Crippen LogP contribution in [0.4, 0.5) is 0 Å². The van der Waals surface area contributed by atoms with Gasteiger partial charge in [0.15, 0.2) is 0 Å². The molecule has 0 amide bonds. The van der Waals surface area contributed by atoms with Gasteiger partial charge in [-0.2, -0.15) is 0 Å². The van der Waals surface area contributed by atoms with Crippen molar-refractivity contribution in [3.05, 3.63) is 180 Å². The van der Waals surface area contributed by atoms with Crippen LogP contribution in [-0.4, -0.2) is 0 Å². The fraction of sp³-hybridized carbons (Fsp3) is 0.0556. The summed E-state index contributed by atoms with van der Waals surface area (Å²) >= 11 is 0. The topological polar surface area (TPSA) is 0 Å². The van der Waals surface area contributed by atoms with E-state index >= 15 is 0 Å². The lowest BCUT2D eigenvalue weighted by molar-refractivity contribution is 1.14. The average molecular weight is 525 g/mol. The van der Waals surface area contributed by atoms with Gasteiger partial charge in [0, 0.05) is 5.66 Å². The van der Waals surface area contributed by atoms with Crippen molar-refractivity contribution in [3.63, 3.8) is 0 Å². The van der Waals surface area contributed by atoms with Gasteiger partial charge in [-0.3, -0.25) is 0 Å². The second-order valence-electron chi connectivity index (χ2n) is 9.37. The van der Waals surface area contributed by atoms with Crippen LogP contribution in [0.15, 0.2) is 175 Å². The minimum atomic E-state index is -0.690. The summed E-state index contributed by atoms with van der Waals surface area (Å²) in [5.41, 5.74) is 3.15. The normalized spacial score (nSPS) is 13.8. The number of hydrogen-bond donors (Lipinski definition) is 0. The molecule has 5 aromatic rings. The number of allylic oxidation sites excluding steroid dienone is 4. The molecule has 1 atom stereocenters. The fourth-order valence-electron chi connectivity index (χ4n) is 5.32. The molecule has 2 heteroatoms. The maximum atomic E-state index is 2.44. The summed E-state index contributed by atoms with van der Waals surface area (Å²) in [6, 6.07) is 55.8. The third-order valence-corrected chi connectivity index (χ3v) is 12.4. The zero-order chi connectivity index (χ0) is 25.6. The van der Waals surface area contributed by atoms with E-state index in [1.165, 1.54) is 32.4 Å². The van der Waals surface area contributed by atoms with Gasteiger partial charge in [-0.25, -0.2) is 0 Å². The van der Waals surface area contributed by atoms with Crippen molar-refractivity contribution >= 4 is 37.1 Å². The highest BCUT2D eigenvalue weighted by molar-refractivity contribution is 7.77. The van der Waals surface area contributed by atoms with Crippen LogP contribution in [-0.2, 0) is 0 Å². The van der Waals surface area contributed by atoms with E-state index in [1.807, 2.05) is 0 Å². The van der Waals surface area contributed by atoms with Gasteiger partial charge in [-0.15, -0.1) is 0 Å². The molecule has 0 aromatic heterocycles. The van der Waals surface area contributed by atoms with Crippen LogP contribution in [0.3, 0.4) is 0 Å². The minimum absolute atomic E-state index is 0.266. The van der Waals surface area contributed by atoms with Crippen LogP contribution in [0.2, 0.25) is 0 Å². The molecule has 0 heterocycles. The smallest absolute Gasteiger partial charge is 0.0375 e. The lowest BCUT2D eigenvalue weighted by Gasteiger charge is -2.32. The standard InChI is InChI=1S/C36H30P2/c1-6-17-29(18-7-1)36(38(32-23-12-4-13-24-32)33-25-14-5-15-26-33)34-27-16-28-35(34)37(30-19-8-2-9-20-30)31-21-10-3-11-22-31/h1-27,36H,28H2/t36-/m1/s1. The van der Waals surface area contributed by atoms with Gasteiger partial charge < -0.3 is 0 Å². The van der Waals surface area contributed by atoms with Crippen LogP contribution < -0.4 is 21.2 Å². The molecule has 0 saturated heterocycles. The van der Waals surface area contributed by atoms with E-state index in [9.17, 15) is 0 Å². The third kappa shape index (κ3) is 5.21. The van der Waals surface area contributed by atoms with Crippen LogP contribution >= 0.6 is 15.8 Å². The van der Waals surface area contributed by atoms with Crippen LogP contribution in [0.5, 0.6) is 0 Å². The first-order chi connectivity index (χ1) is 18.9. The van der Waals surface area contributed by atoms with Gasteiger partial charge in [-0.05, 0) is 59.9 Å². The Morgan fingerprint density at radius 3 is 1.29 bits per heavy atom. The lowest BCUT2D eigenvalue weighted by Crippen LogP contribution is -2.19. The summed E-state index contributed by atoms with van der Waals surface area (Å²) in [4.78, 5) is 0. The summed E-state index contributed by atoms with van der Waals surface area (Å²) in [5.74, 6) is 0.